The van der Waals surface area contributed by atoms with Crippen molar-refractivity contribution in [3.63, 3.8) is 0 Å². The lowest BCUT2D eigenvalue weighted by molar-refractivity contribution is 0.544. The Morgan fingerprint density at radius 1 is 1.75 bits per heavy atom. The first-order valence-corrected chi connectivity index (χ1v) is 3.09. The van der Waals surface area contributed by atoms with E-state index in [0.29, 0.717) is 5.92 Å². The summed E-state index contributed by atoms with van der Waals surface area (Å²) in [6.07, 6.45) is 1.21. The Hall–Kier alpha value is 0.0249. The van der Waals surface area contributed by atoms with Gasteiger partial charge in [0.1, 0.15) is 0 Å². The van der Waals surface area contributed by atoms with Gasteiger partial charge in [-0.1, -0.05) is 13.8 Å². The van der Waals surface area contributed by atoms with Crippen molar-refractivity contribution in [1.82, 2.24) is 0 Å². The van der Waals surface area contributed by atoms with Crippen molar-refractivity contribution in [2.75, 3.05) is 0 Å². The molecule has 2 N–H and O–H groups in total. The molecule has 2 heteroatoms. The van der Waals surface area contributed by atoms with E-state index in [2.05, 4.69) is 6.92 Å². The monoisotopic (exact) mass is 109 g/mol. The van der Waals surface area contributed by atoms with Crippen LogP contribution in [0.5, 0.6) is 0 Å². The van der Waals surface area contributed by atoms with Crippen molar-refractivity contribution in [2.24, 2.45) is 17.6 Å². The number of nitrogens with two attached hydrogens (primary N) is 1. The SMILES string of the molecule is [B]C(C)(N)C1CC1C. The summed E-state index contributed by atoms with van der Waals surface area (Å²) in [4.78, 5) is 0. The van der Waals surface area contributed by atoms with Gasteiger partial charge in [-0.15, -0.1) is 0 Å². The molecule has 8 heavy (non-hydrogen) atoms. The van der Waals surface area contributed by atoms with Gasteiger partial charge in [0, 0.05) is 0 Å². The minimum atomic E-state index is -0.417. The van der Waals surface area contributed by atoms with E-state index in [1.807, 2.05) is 6.92 Å². The van der Waals surface area contributed by atoms with Crippen LogP contribution < -0.4 is 5.73 Å². The second-order valence-corrected chi connectivity index (χ2v) is 3.19. The quantitative estimate of drug-likeness (QED) is 0.487. The van der Waals surface area contributed by atoms with Gasteiger partial charge in [0.2, 0.25) is 0 Å². The predicted molar refractivity (Wildman–Crippen MR) is 35.6 cm³/mol. The molecule has 0 saturated heterocycles. The number of rotatable bonds is 1. The summed E-state index contributed by atoms with van der Waals surface area (Å²) in [6, 6.07) is 0. The average Bonchev–Trinajstić information content (AvgIpc) is 2.13. The molecule has 0 heterocycles. The summed E-state index contributed by atoms with van der Waals surface area (Å²) in [5.41, 5.74) is 5.19. The predicted octanol–water partition coefficient (Wildman–Crippen LogP) is 0.486. The van der Waals surface area contributed by atoms with Crippen LogP contribution in [0.25, 0.3) is 0 Å². The van der Waals surface area contributed by atoms with Gasteiger partial charge in [-0.05, 0) is 23.7 Å². The molecule has 1 fully saturated rings. The molecular weight excluding hydrogens is 96.9 g/mol. The van der Waals surface area contributed by atoms with E-state index < -0.39 is 5.44 Å². The van der Waals surface area contributed by atoms with E-state index in [-0.39, 0.29) is 0 Å². The second-order valence-electron chi connectivity index (χ2n) is 3.19. The summed E-state index contributed by atoms with van der Waals surface area (Å²) in [5.74, 6) is 1.33. The normalized spacial score (nSPS) is 43.4. The Labute approximate surface area is 52.0 Å². The molecule has 0 aromatic heterocycles. The molecule has 0 aromatic carbocycles. The Kier molecular flexibility index (Phi) is 1.16. The van der Waals surface area contributed by atoms with E-state index in [1.54, 1.807) is 0 Å². The van der Waals surface area contributed by atoms with E-state index in [0.717, 1.165) is 5.92 Å². The van der Waals surface area contributed by atoms with Gasteiger partial charge < -0.3 is 5.73 Å². The zero-order chi connectivity index (χ0) is 6.36. The zero-order valence-corrected chi connectivity index (χ0v) is 5.52. The van der Waals surface area contributed by atoms with Gasteiger partial charge >= 0.3 is 0 Å². The standard InChI is InChI=1S/C6H12BN/c1-4-3-5(4)6(2,7)8/h4-5H,3,8H2,1-2H3. The third-order valence-electron chi connectivity index (χ3n) is 1.91. The Morgan fingerprint density at radius 2 is 2.12 bits per heavy atom. The first-order chi connectivity index (χ1) is 3.52. The third kappa shape index (κ3) is 1.05. The average molecular weight is 109 g/mol. The van der Waals surface area contributed by atoms with Crippen LogP contribution in [0.4, 0.5) is 0 Å². The Morgan fingerprint density at radius 3 is 2.12 bits per heavy atom. The van der Waals surface area contributed by atoms with Crippen LogP contribution in [0.2, 0.25) is 0 Å². The molecule has 1 rings (SSSR count). The lowest BCUT2D eigenvalue weighted by atomic mass is 9.76. The Balaban J connectivity index is 2.39. The lowest BCUT2D eigenvalue weighted by Crippen LogP contribution is -2.39. The molecule has 3 atom stereocenters. The van der Waals surface area contributed by atoms with Gasteiger partial charge in [-0.2, -0.15) is 0 Å². The first-order valence-electron chi connectivity index (χ1n) is 3.09. The molecule has 0 aliphatic heterocycles. The molecule has 0 bridgehead atoms. The van der Waals surface area contributed by atoms with Crippen molar-refractivity contribution in [1.29, 1.82) is 0 Å². The maximum absolute atomic E-state index is 5.61. The maximum atomic E-state index is 5.61. The summed E-state index contributed by atoms with van der Waals surface area (Å²) >= 11 is 0. The molecule has 3 unspecified atom stereocenters. The van der Waals surface area contributed by atoms with Crippen LogP contribution >= 0.6 is 0 Å². The molecule has 1 saturated carbocycles. The second kappa shape index (κ2) is 1.50. The minimum absolute atomic E-state index is 0.417. The van der Waals surface area contributed by atoms with Crippen LogP contribution in [-0.4, -0.2) is 13.3 Å². The van der Waals surface area contributed by atoms with Crippen molar-refractivity contribution in [3.05, 3.63) is 0 Å². The zero-order valence-electron chi connectivity index (χ0n) is 5.52. The molecule has 0 aromatic rings. The summed E-state index contributed by atoms with van der Waals surface area (Å²) in [7, 11) is 5.61. The van der Waals surface area contributed by atoms with Gasteiger partial charge in [0.15, 0.2) is 0 Å². The summed E-state index contributed by atoms with van der Waals surface area (Å²) in [6.45, 7) is 4.07. The largest absolute Gasteiger partial charge is 0.333 e. The highest BCUT2D eigenvalue weighted by Crippen LogP contribution is 2.43. The van der Waals surface area contributed by atoms with E-state index in [1.165, 1.54) is 6.42 Å². The van der Waals surface area contributed by atoms with Crippen molar-refractivity contribution in [2.45, 2.75) is 25.7 Å². The van der Waals surface area contributed by atoms with Crippen LogP contribution in [-0.2, 0) is 0 Å². The van der Waals surface area contributed by atoms with Gasteiger partial charge in [-0.25, -0.2) is 0 Å². The minimum Gasteiger partial charge on any atom is -0.333 e. The van der Waals surface area contributed by atoms with Crippen LogP contribution in [0.1, 0.15) is 20.3 Å². The van der Waals surface area contributed by atoms with E-state index in [9.17, 15) is 0 Å². The van der Waals surface area contributed by atoms with Crippen LogP contribution in [0.3, 0.4) is 0 Å². The molecule has 1 aliphatic carbocycles. The van der Waals surface area contributed by atoms with E-state index >= 15 is 0 Å². The molecule has 0 spiro atoms. The number of hydrogen-bond acceptors (Lipinski definition) is 1. The lowest BCUT2D eigenvalue weighted by Gasteiger charge is -2.17. The molecule has 2 radical (unpaired) electrons. The fourth-order valence-corrected chi connectivity index (χ4v) is 1.19. The third-order valence-corrected chi connectivity index (χ3v) is 1.91. The molecule has 0 amide bonds. The van der Waals surface area contributed by atoms with Gasteiger partial charge in [0.25, 0.3) is 0 Å². The topological polar surface area (TPSA) is 26.0 Å². The first kappa shape index (κ1) is 6.15. The van der Waals surface area contributed by atoms with Gasteiger partial charge in [0.05, 0.1) is 7.85 Å². The van der Waals surface area contributed by atoms with Gasteiger partial charge in [-0.3, -0.25) is 0 Å². The fraction of sp³-hybridized carbons (Fsp3) is 1.00. The smallest absolute Gasteiger partial charge is 0.0950 e. The van der Waals surface area contributed by atoms with Crippen molar-refractivity contribution < 1.29 is 0 Å². The molecule has 44 valence electrons. The molecular formula is C6H12BN. The Bertz CT molecular complexity index is 95.2. The van der Waals surface area contributed by atoms with Crippen LogP contribution in [0.15, 0.2) is 0 Å². The molecule has 1 nitrogen and oxygen atoms in total. The van der Waals surface area contributed by atoms with E-state index in [4.69, 9.17) is 13.6 Å². The summed E-state index contributed by atoms with van der Waals surface area (Å²) in [5, 5.41) is 0. The highest BCUT2D eigenvalue weighted by Gasteiger charge is 2.41. The maximum Gasteiger partial charge on any atom is 0.0950 e. The van der Waals surface area contributed by atoms with Crippen molar-refractivity contribution >= 4 is 7.85 Å². The highest BCUT2D eigenvalue weighted by molar-refractivity contribution is 6.15. The number of hydrogen-bond donors (Lipinski definition) is 1. The van der Waals surface area contributed by atoms with Crippen molar-refractivity contribution in [3.8, 4) is 0 Å². The molecule has 1 aliphatic rings. The van der Waals surface area contributed by atoms with Crippen LogP contribution in [0, 0.1) is 11.8 Å². The summed E-state index contributed by atoms with van der Waals surface area (Å²) < 4.78 is 0. The highest BCUT2D eigenvalue weighted by atomic mass is 14.7. The fourth-order valence-electron chi connectivity index (χ4n) is 1.19.